The predicted octanol–water partition coefficient (Wildman–Crippen LogP) is 3.43. The van der Waals surface area contributed by atoms with Crippen LogP contribution in [0.2, 0.25) is 0 Å². The van der Waals surface area contributed by atoms with Gasteiger partial charge in [0.25, 0.3) is 0 Å². The molecule has 1 aromatic rings. The van der Waals surface area contributed by atoms with Gasteiger partial charge < -0.3 is 9.47 Å². The second-order valence-corrected chi connectivity index (χ2v) is 4.13. The fraction of sp³-hybridized carbons (Fsp3) is 0.300. The minimum absolute atomic E-state index is 0.0938. The minimum atomic E-state index is -4.75. The lowest BCUT2D eigenvalue weighted by Crippen LogP contribution is -2.40. The van der Waals surface area contributed by atoms with Crippen molar-refractivity contribution in [3.8, 4) is 5.75 Å². The molecule has 0 radical (unpaired) electrons. The Hall–Kier alpha value is -1.31. The zero-order valence-corrected chi connectivity index (χ0v) is 10.5. The molecule has 0 fully saturated rings. The molecule has 1 aromatic carbocycles. The topological polar surface area (TPSA) is 35.5 Å². The van der Waals surface area contributed by atoms with Crippen LogP contribution < -0.4 is 4.74 Å². The lowest BCUT2D eigenvalue weighted by molar-refractivity contribution is -0.266. The number of hydrogen-bond acceptors (Lipinski definition) is 3. The first-order chi connectivity index (χ1) is 8.17. The number of carbonyl (C=O) groups excluding carboxylic acids is 1. The zero-order chi connectivity index (χ0) is 14.0. The van der Waals surface area contributed by atoms with Crippen LogP contribution in [0.15, 0.2) is 24.3 Å². The van der Waals surface area contributed by atoms with Crippen molar-refractivity contribution in [3.05, 3.63) is 29.8 Å². The molecule has 100 valence electrons. The van der Waals surface area contributed by atoms with E-state index in [1.807, 2.05) is 0 Å². The van der Waals surface area contributed by atoms with E-state index >= 15 is 0 Å². The van der Waals surface area contributed by atoms with E-state index < -0.39 is 22.7 Å². The van der Waals surface area contributed by atoms with Crippen molar-refractivity contribution in [2.45, 2.75) is 10.9 Å². The number of carbonyl (C=O) groups is 1. The number of rotatable bonds is 4. The molecule has 0 spiro atoms. The fourth-order valence-corrected chi connectivity index (χ4v) is 1.09. The standard InChI is InChI=1S/C10H7BrF4O3/c1-17-8(16)6-3-2-4-7(5-6)18-10(14,15)9(11,12)13/h2-5H,1H3. The molecular formula is C10H7BrF4O3. The highest BCUT2D eigenvalue weighted by Crippen LogP contribution is 2.40. The van der Waals surface area contributed by atoms with Crippen LogP contribution in [-0.2, 0) is 4.74 Å². The van der Waals surface area contributed by atoms with Crippen LogP contribution in [-0.4, -0.2) is 24.0 Å². The van der Waals surface area contributed by atoms with E-state index in [0.29, 0.717) is 0 Å². The van der Waals surface area contributed by atoms with Gasteiger partial charge in [-0.25, -0.2) is 4.79 Å². The maximum Gasteiger partial charge on any atom is 0.475 e. The van der Waals surface area contributed by atoms with Crippen molar-refractivity contribution in [1.82, 2.24) is 0 Å². The third kappa shape index (κ3) is 3.34. The Morgan fingerprint density at radius 2 is 1.89 bits per heavy atom. The highest BCUT2D eigenvalue weighted by molar-refractivity contribution is 9.10. The largest absolute Gasteiger partial charge is 0.475 e. The average Bonchev–Trinajstić information content (AvgIpc) is 2.26. The summed E-state index contributed by atoms with van der Waals surface area (Å²) >= 11 is 1.52. The van der Waals surface area contributed by atoms with Crippen LogP contribution in [0.3, 0.4) is 0 Å². The average molecular weight is 331 g/mol. The van der Waals surface area contributed by atoms with Gasteiger partial charge in [0, 0.05) is 15.9 Å². The summed E-state index contributed by atoms with van der Waals surface area (Å²) in [5.41, 5.74) is -0.0938. The Morgan fingerprint density at radius 1 is 1.28 bits per heavy atom. The lowest BCUT2D eigenvalue weighted by Gasteiger charge is -2.22. The van der Waals surface area contributed by atoms with Crippen LogP contribution in [0, 0.1) is 0 Å². The first-order valence-corrected chi connectivity index (χ1v) is 5.28. The summed E-state index contributed by atoms with van der Waals surface area (Å²) in [4.78, 5) is 6.58. The highest BCUT2D eigenvalue weighted by atomic mass is 79.9. The summed E-state index contributed by atoms with van der Waals surface area (Å²) in [5, 5.41) is 0. The summed E-state index contributed by atoms with van der Waals surface area (Å²) < 4.78 is 58.9. The molecule has 0 atom stereocenters. The molecule has 0 aliphatic rings. The second kappa shape index (κ2) is 5.13. The van der Waals surface area contributed by atoms with E-state index in [9.17, 15) is 22.4 Å². The van der Waals surface area contributed by atoms with Gasteiger partial charge in [0.2, 0.25) is 0 Å². The van der Waals surface area contributed by atoms with Crippen molar-refractivity contribution in [3.63, 3.8) is 0 Å². The quantitative estimate of drug-likeness (QED) is 0.482. The Bertz CT molecular complexity index is 445. The van der Waals surface area contributed by atoms with Gasteiger partial charge in [-0.05, 0) is 18.2 Å². The molecule has 0 saturated carbocycles. The molecule has 0 aliphatic heterocycles. The molecule has 0 saturated heterocycles. The normalized spacial score (nSPS) is 12.1. The summed E-state index contributed by atoms with van der Waals surface area (Å²) in [7, 11) is 1.09. The van der Waals surface area contributed by atoms with Crippen LogP contribution in [0.5, 0.6) is 5.75 Å². The van der Waals surface area contributed by atoms with Crippen LogP contribution in [0.1, 0.15) is 10.4 Å². The summed E-state index contributed by atoms with van der Waals surface area (Å²) in [6.45, 7) is 0. The molecule has 8 heteroatoms. The number of methoxy groups -OCH3 is 1. The van der Waals surface area contributed by atoms with E-state index in [4.69, 9.17) is 0 Å². The van der Waals surface area contributed by atoms with Crippen LogP contribution in [0.4, 0.5) is 17.6 Å². The minimum Gasteiger partial charge on any atom is -0.465 e. The smallest absolute Gasteiger partial charge is 0.465 e. The monoisotopic (exact) mass is 330 g/mol. The Kier molecular flexibility index (Phi) is 4.20. The van der Waals surface area contributed by atoms with E-state index in [1.165, 1.54) is 28.1 Å². The summed E-state index contributed by atoms with van der Waals surface area (Å²) in [6.07, 6.45) is -4.75. The van der Waals surface area contributed by atoms with E-state index in [-0.39, 0.29) is 5.56 Å². The van der Waals surface area contributed by atoms with Crippen LogP contribution in [0.25, 0.3) is 0 Å². The van der Waals surface area contributed by atoms with Gasteiger partial charge in [0.1, 0.15) is 5.75 Å². The molecule has 0 unspecified atom stereocenters. The molecule has 0 amide bonds. The van der Waals surface area contributed by atoms with Crippen molar-refractivity contribution >= 4 is 21.9 Å². The van der Waals surface area contributed by atoms with Gasteiger partial charge >= 0.3 is 16.9 Å². The zero-order valence-electron chi connectivity index (χ0n) is 8.92. The third-order valence-electron chi connectivity index (χ3n) is 1.83. The van der Waals surface area contributed by atoms with Gasteiger partial charge in [-0.1, -0.05) is 6.07 Å². The summed E-state index contributed by atoms with van der Waals surface area (Å²) in [5.74, 6) is -1.38. The van der Waals surface area contributed by atoms with Crippen molar-refractivity contribution in [2.75, 3.05) is 7.11 Å². The highest BCUT2D eigenvalue weighted by Gasteiger charge is 2.57. The molecule has 0 heterocycles. The number of hydrogen-bond donors (Lipinski definition) is 0. The number of alkyl halides is 5. The Balaban J connectivity index is 2.96. The molecule has 0 N–H and O–H groups in total. The van der Waals surface area contributed by atoms with Gasteiger partial charge in [0.05, 0.1) is 12.7 Å². The molecule has 18 heavy (non-hydrogen) atoms. The molecule has 0 aliphatic carbocycles. The van der Waals surface area contributed by atoms with Gasteiger partial charge in [0.15, 0.2) is 0 Å². The maximum absolute atomic E-state index is 12.9. The van der Waals surface area contributed by atoms with Crippen molar-refractivity contribution in [1.29, 1.82) is 0 Å². The lowest BCUT2D eigenvalue weighted by atomic mass is 10.2. The molecule has 0 bridgehead atoms. The first-order valence-electron chi connectivity index (χ1n) is 4.49. The number of ether oxygens (including phenoxy) is 2. The van der Waals surface area contributed by atoms with Gasteiger partial charge in [-0.2, -0.15) is 17.6 Å². The van der Waals surface area contributed by atoms with E-state index in [2.05, 4.69) is 9.47 Å². The molecule has 0 aromatic heterocycles. The van der Waals surface area contributed by atoms with Crippen molar-refractivity contribution < 1.29 is 31.8 Å². The molecular weight excluding hydrogens is 324 g/mol. The third-order valence-corrected chi connectivity index (χ3v) is 2.29. The van der Waals surface area contributed by atoms with Crippen molar-refractivity contribution in [2.24, 2.45) is 0 Å². The molecule has 1 rings (SSSR count). The number of benzene rings is 1. The number of halogens is 5. The second-order valence-electron chi connectivity index (χ2n) is 3.14. The van der Waals surface area contributed by atoms with Gasteiger partial charge in [-0.15, -0.1) is 0 Å². The molecule has 3 nitrogen and oxygen atoms in total. The first kappa shape index (κ1) is 14.7. The summed E-state index contributed by atoms with van der Waals surface area (Å²) in [6, 6.07) is 4.35. The van der Waals surface area contributed by atoms with Gasteiger partial charge in [-0.3, -0.25) is 0 Å². The fourth-order valence-electron chi connectivity index (χ4n) is 1.01. The Morgan fingerprint density at radius 3 is 2.39 bits per heavy atom. The van der Waals surface area contributed by atoms with E-state index in [0.717, 1.165) is 19.2 Å². The number of esters is 1. The van der Waals surface area contributed by atoms with E-state index in [1.54, 1.807) is 0 Å². The van der Waals surface area contributed by atoms with Crippen LogP contribution >= 0.6 is 15.9 Å². The predicted molar refractivity (Wildman–Crippen MR) is 57.2 cm³/mol. The SMILES string of the molecule is COC(=O)c1cccc(OC(F)(F)C(F)(F)Br)c1. The Labute approximate surface area is 108 Å². The maximum atomic E-state index is 12.9.